The van der Waals surface area contributed by atoms with Gasteiger partial charge in [-0.15, -0.1) is 0 Å². The molecule has 0 spiro atoms. The number of unbranched alkanes of at least 4 members (excludes halogenated alkanes) is 2. The zero-order valence-electron chi connectivity index (χ0n) is 13.4. The average molecular weight is 269 g/mol. The lowest BCUT2D eigenvalue weighted by Crippen LogP contribution is -2.54. The molecular weight excluding hydrogens is 236 g/mol. The van der Waals surface area contributed by atoms with E-state index in [1.165, 1.54) is 6.42 Å². The predicted molar refractivity (Wildman–Crippen MR) is 82.8 cm³/mol. The molecule has 1 amide bonds. The molecule has 3 heteroatoms. The molecule has 0 saturated carbocycles. The zero-order chi connectivity index (χ0) is 14.6. The van der Waals surface area contributed by atoms with Gasteiger partial charge in [0.2, 0.25) is 5.91 Å². The molecule has 0 aromatic carbocycles. The van der Waals surface area contributed by atoms with Crippen LogP contribution in [0.4, 0.5) is 0 Å². The first-order valence-electron chi connectivity index (χ1n) is 7.90. The highest BCUT2D eigenvalue weighted by molar-refractivity contribution is 5.75. The van der Waals surface area contributed by atoms with Gasteiger partial charge in [-0.3, -0.25) is 4.79 Å². The number of allylic oxidation sites excluding steroid dienone is 2. The lowest BCUT2D eigenvalue weighted by Gasteiger charge is -2.35. The molecule has 0 aliphatic heterocycles. The summed E-state index contributed by atoms with van der Waals surface area (Å²) in [6.07, 6.45) is 9.37. The van der Waals surface area contributed by atoms with Crippen molar-refractivity contribution in [1.82, 2.24) is 5.32 Å². The number of quaternary nitrogens is 1. The van der Waals surface area contributed by atoms with E-state index >= 15 is 0 Å². The van der Waals surface area contributed by atoms with E-state index in [1.54, 1.807) is 0 Å². The van der Waals surface area contributed by atoms with Gasteiger partial charge in [-0.2, -0.15) is 0 Å². The quantitative estimate of drug-likeness (QED) is 0.265. The summed E-state index contributed by atoms with van der Waals surface area (Å²) in [4.78, 5) is 11.8. The van der Waals surface area contributed by atoms with Crippen molar-refractivity contribution in [3.63, 3.8) is 0 Å². The number of carbonyl (C=O) groups excluding carboxylic acids is 1. The SMILES string of the molecule is CCC/C=C/CCCC(=O)NC[N+](CC)(CC)CC. The number of hydrogen-bond donors (Lipinski definition) is 1. The molecule has 0 radical (unpaired) electrons. The molecule has 0 bridgehead atoms. The van der Waals surface area contributed by atoms with Crippen LogP contribution in [0, 0.1) is 0 Å². The Bertz CT molecular complexity index is 249. The van der Waals surface area contributed by atoms with Crippen LogP contribution >= 0.6 is 0 Å². The fourth-order valence-electron chi connectivity index (χ4n) is 2.13. The molecule has 0 unspecified atom stereocenters. The van der Waals surface area contributed by atoms with Crippen LogP contribution in [0.25, 0.3) is 0 Å². The molecule has 0 rings (SSSR count). The van der Waals surface area contributed by atoms with Crippen molar-refractivity contribution in [3.05, 3.63) is 12.2 Å². The third-order valence-corrected chi connectivity index (χ3v) is 4.02. The van der Waals surface area contributed by atoms with E-state index in [1.807, 2.05) is 0 Å². The van der Waals surface area contributed by atoms with E-state index < -0.39 is 0 Å². The number of nitrogens with one attached hydrogen (secondary N) is 1. The Hall–Kier alpha value is -0.830. The molecule has 1 N–H and O–H groups in total. The molecule has 0 aromatic heterocycles. The van der Waals surface area contributed by atoms with Crippen molar-refractivity contribution in [2.24, 2.45) is 0 Å². The minimum Gasteiger partial charge on any atom is -0.309 e. The molecule has 0 fully saturated rings. The Morgan fingerprint density at radius 2 is 1.58 bits per heavy atom. The first-order valence-corrected chi connectivity index (χ1v) is 7.90. The fourth-order valence-corrected chi connectivity index (χ4v) is 2.13. The normalized spacial score (nSPS) is 12.0. The first kappa shape index (κ1) is 18.2. The summed E-state index contributed by atoms with van der Waals surface area (Å²) in [5.74, 6) is 0.196. The van der Waals surface area contributed by atoms with Crippen LogP contribution in [0.2, 0.25) is 0 Å². The van der Waals surface area contributed by atoms with Gasteiger partial charge < -0.3 is 9.80 Å². The van der Waals surface area contributed by atoms with E-state index in [2.05, 4.69) is 45.2 Å². The van der Waals surface area contributed by atoms with Gasteiger partial charge in [0.05, 0.1) is 19.6 Å². The van der Waals surface area contributed by atoms with E-state index in [-0.39, 0.29) is 5.91 Å². The lowest BCUT2D eigenvalue weighted by molar-refractivity contribution is -0.924. The second-order valence-electron chi connectivity index (χ2n) is 5.20. The molecule has 112 valence electrons. The minimum absolute atomic E-state index is 0.196. The van der Waals surface area contributed by atoms with Crippen molar-refractivity contribution in [1.29, 1.82) is 0 Å². The Morgan fingerprint density at radius 1 is 1.00 bits per heavy atom. The zero-order valence-corrected chi connectivity index (χ0v) is 13.4. The summed E-state index contributed by atoms with van der Waals surface area (Å²) in [6, 6.07) is 0. The number of rotatable bonds is 11. The highest BCUT2D eigenvalue weighted by atomic mass is 16.1. The van der Waals surface area contributed by atoms with Gasteiger partial charge in [-0.1, -0.05) is 25.5 Å². The summed E-state index contributed by atoms with van der Waals surface area (Å²) in [5.41, 5.74) is 0. The number of hydrogen-bond acceptors (Lipinski definition) is 1. The topological polar surface area (TPSA) is 29.1 Å². The maximum Gasteiger partial charge on any atom is 0.224 e. The summed E-state index contributed by atoms with van der Waals surface area (Å²) in [6.45, 7) is 12.8. The highest BCUT2D eigenvalue weighted by Crippen LogP contribution is 2.04. The Labute approximate surface area is 119 Å². The summed E-state index contributed by atoms with van der Waals surface area (Å²) in [5, 5.41) is 3.09. The van der Waals surface area contributed by atoms with Crippen LogP contribution in [-0.2, 0) is 4.79 Å². The van der Waals surface area contributed by atoms with Gasteiger partial charge in [0, 0.05) is 6.42 Å². The fraction of sp³-hybridized carbons (Fsp3) is 0.812. The second-order valence-corrected chi connectivity index (χ2v) is 5.20. The van der Waals surface area contributed by atoms with E-state index in [0.717, 1.165) is 50.0 Å². The second kappa shape index (κ2) is 11.0. The monoisotopic (exact) mass is 269 g/mol. The molecular formula is C16H33N2O+. The van der Waals surface area contributed by atoms with Gasteiger partial charge in [-0.25, -0.2) is 0 Å². The van der Waals surface area contributed by atoms with Crippen molar-refractivity contribution < 1.29 is 9.28 Å². The van der Waals surface area contributed by atoms with Crippen LogP contribution in [0.1, 0.15) is 59.8 Å². The van der Waals surface area contributed by atoms with Gasteiger partial charge in [0.15, 0.2) is 6.67 Å². The van der Waals surface area contributed by atoms with Crippen molar-refractivity contribution in [2.75, 3.05) is 26.3 Å². The highest BCUT2D eigenvalue weighted by Gasteiger charge is 2.20. The van der Waals surface area contributed by atoms with Gasteiger partial charge in [-0.05, 0) is 40.0 Å². The third-order valence-electron chi connectivity index (χ3n) is 4.02. The minimum atomic E-state index is 0.196. The van der Waals surface area contributed by atoms with Crippen LogP contribution in [-0.4, -0.2) is 36.7 Å². The molecule has 0 aliphatic rings. The van der Waals surface area contributed by atoms with Crippen LogP contribution in [0.3, 0.4) is 0 Å². The molecule has 0 heterocycles. The molecule has 19 heavy (non-hydrogen) atoms. The van der Waals surface area contributed by atoms with Crippen molar-refractivity contribution in [3.8, 4) is 0 Å². The Balaban J connectivity index is 3.80. The van der Waals surface area contributed by atoms with Crippen LogP contribution in [0.5, 0.6) is 0 Å². The Kier molecular flexibility index (Phi) is 10.6. The average Bonchev–Trinajstić information content (AvgIpc) is 2.45. The molecule has 0 saturated heterocycles. The van der Waals surface area contributed by atoms with Gasteiger partial charge >= 0.3 is 0 Å². The number of amides is 1. The van der Waals surface area contributed by atoms with E-state index in [4.69, 9.17) is 0 Å². The van der Waals surface area contributed by atoms with E-state index in [9.17, 15) is 4.79 Å². The van der Waals surface area contributed by atoms with Crippen molar-refractivity contribution in [2.45, 2.75) is 59.8 Å². The van der Waals surface area contributed by atoms with Crippen LogP contribution < -0.4 is 5.32 Å². The summed E-state index contributed by atoms with van der Waals surface area (Å²) in [7, 11) is 0. The summed E-state index contributed by atoms with van der Waals surface area (Å²) < 4.78 is 0.974. The van der Waals surface area contributed by atoms with Gasteiger partial charge in [0.1, 0.15) is 0 Å². The summed E-state index contributed by atoms with van der Waals surface area (Å²) >= 11 is 0. The smallest absolute Gasteiger partial charge is 0.224 e. The molecule has 0 atom stereocenters. The third kappa shape index (κ3) is 8.04. The Morgan fingerprint density at radius 3 is 2.11 bits per heavy atom. The molecule has 0 aromatic rings. The maximum atomic E-state index is 11.8. The van der Waals surface area contributed by atoms with Crippen LogP contribution in [0.15, 0.2) is 12.2 Å². The molecule has 3 nitrogen and oxygen atoms in total. The number of nitrogens with zero attached hydrogens (tertiary/aromatic N) is 1. The maximum absolute atomic E-state index is 11.8. The first-order chi connectivity index (χ1) is 9.14. The largest absolute Gasteiger partial charge is 0.309 e. The van der Waals surface area contributed by atoms with E-state index in [0.29, 0.717) is 6.42 Å². The molecule has 0 aliphatic carbocycles. The predicted octanol–water partition coefficient (Wildman–Crippen LogP) is 3.46. The van der Waals surface area contributed by atoms with Crippen molar-refractivity contribution >= 4 is 5.91 Å². The van der Waals surface area contributed by atoms with Gasteiger partial charge in [0.25, 0.3) is 0 Å². The number of carbonyl (C=O) groups is 1. The lowest BCUT2D eigenvalue weighted by atomic mass is 10.2. The standard InChI is InChI=1S/C16H32N2O/c1-5-9-10-11-12-13-14-16(19)17-15-18(6-2,7-3)8-4/h10-11H,5-9,12-15H2,1-4H3/p+1/b11-10+.